The highest BCUT2D eigenvalue weighted by molar-refractivity contribution is 6.46. The third-order valence-corrected chi connectivity index (χ3v) is 5.45. The van der Waals surface area contributed by atoms with Crippen LogP contribution in [0.2, 0.25) is 0 Å². The number of Topliss-reactive ketones (excluding diaryl/α,β-unsaturated/α-hetero) is 1. The van der Waals surface area contributed by atoms with Crippen molar-refractivity contribution in [1.82, 2.24) is 9.80 Å². The van der Waals surface area contributed by atoms with E-state index < -0.39 is 17.7 Å². The minimum atomic E-state index is -0.705. The van der Waals surface area contributed by atoms with Gasteiger partial charge in [0.1, 0.15) is 17.3 Å². The topological polar surface area (TPSA) is 79.3 Å². The van der Waals surface area contributed by atoms with Crippen LogP contribution in [-0.2, 0) is 9.59 Å². The number of hydrogen-bond donors (Lipinski definition) is 1. The Bertz CT molecular complexity index is 1030. The summed E-state index contributed by atoms with van der Waals surface area (Å²) in [5.41, 5.74) is 1.22. The molecule has 1 N–H and O–H groups in total. The summed E-state index contributed by atoms with van der Waals surface area (Å²) in [7, 11) is 3.92. The number of likely N-dealkylation sites (tertiary alicyclic amines) is 1. The molecule has 0 saturated carbocycles. The Morgan fingerprint density at radius 2 is 1.64 bits per heavy atom. The molecule has 1 unspecified atom stereocenters. The Kier molecular flexibility index (Phi) is 8.11. The van der Waals surface area contributed by atoms with Gasteiger partial charge in [0, 0.05) is 12.1 Å². The maximum absolute atomic E-state index is 13.2. The molecule has 1 heterocycles. The van der Waals surface area contributed by atoms with Gasteiger partial charge in [-0.3, -0.25) is 9.59 Å². The van der Waals surface area contributed by atoms with Crippen molar-refractivity contribution in [3.8, 4) is 11.5 Å². The Hall–Kier alpha value is -3.32. The van der Waals surface area contributed by atoms with Crippen LogP contribution in [-0.4, -0.2) is 67.0 Å². The van der Waals surface area contributed by atoms with Gasteiger partial charge >= 0.3 is 0 Å². The molecule has 3 rings (SSSR count). The van der Waals surface area contributed by atoms with Gasteiger partial charge < -0.3 is 24.4 Å². The van der Waals surface area contributed by atoms with Gasteiger partial charge in [-0.2, -0.15) is 0 Å². The molecule has 1 aliphatic rings. The van der Waals surface area contributed by atoms with Crippen LogP contribution in [0.15, 0.2) is 54.1 Å². The first-order valence-corrected chi connectivity index (χ1v) is 11.3. The molecule has 33 heavy (non-hydrogen) atoms. The predicted octanol–water partition coefficient (Wildman–Crippen LogP) is 3.86. The van der Waals surface area contributed by atoms with Crippen molar-refractivity contribution < 1.29 is 24.2 Å². The van der Waals surface area contributed by atoms with Crippen LogP contribution < -0.4 is 9.47 Å². The molecule has 1 aliphatic heterocycles. The average molecular weight is 453 g/mol. The molecule has 176 valence electrons. The van der Waals surface area contributed by atoms with Gasteiger partial charge in [-0.05, 0) is 70.7 Å². The smallest absolute Gasteiger partial charge is 0.295 e. The fraction of sp³-hybridized carbons (Fsp3) is 0.385. The fourth-order valence-electron chi connectivity index (χ4n) is 4.01. The van der Waals surface area contributed by atoms with E-state index in [2.05, 4.69) is 0 Å². The zero-order valence-corrected chi connectivity index (χ0v) is 19.7. The average Bonchev–Trinajstić information content (AvgIpc) is 3.04. The van der Waals surface area contributed by atoms with Crippen molar-refractivity contribution in [1.29, 1.82) is 0 Å². The summed E-state index contributed by atoms with van der Waals surface area (Å²) in [5.74, 6) is -0.283. The normalized spacial score (nSPS) is 17.6. The second kappa shape index (κ2) is 11.0. The Morgan fingerprint density at radius 1 is 1.00 bits per heavy atom. The molecule has 0 aliphatic carbocycles. The van der Waals surface area contributed by atoms with Crippen molar-refractivity contribution >= 4 is 17.4 Å². The molecule has 1 amide bonds. The van der Waals surface area contributed by atoms with Crippen LogP contribution in [0.5, 0.6) is 11.5 Å². The van der Waals surface area contributed by atoms with Crippen molar-refractivity contribution in [2.24, 2.45) is 0 Å². The monoisotopic (exact) mass is 452 g/mol. The number of amides is 1. The van der Waals surface area contributed by atoms with Crippen molar-refractivity contribution in [3.05, 3.63) is 65.2 Å². The van der Waals surface area contributed by atoms with Crippen LogP contribution >= 0.6 is 0 Å². The quantitative estimate of drug-likeness (QED) is 0.335. The summed E-state index contributed by atoms with van der Waals surface area (Å²) in [5, 5.41) is 11.2. The molecular weight excluding hydrogens is 420 g/mol. The molecule has 1 atom stereocenters. The van der Waals surface area contributed by atoms with Gasteiger partial charge in [0.25, 0.3) is 11.7 Å². The van der Waals surface area contributed by atoms with Crippen LogP contribution in [0.1, 0.15) is 37.4 Å². The van der Waals surface area contributed by atoms with E-state index in [1.165, 1.54) is 0 Å². The van der Waals surface area contributed by atoms with Gasteiger partial charge in [0.05, 0.1) is 24.8 Å². The summed E-state index contributed by atoms with van der Waals surface area (Å²) in [6.07, 6.45) is 0.696. The number of ketones is 1. The highest BCUT2D eigenvalue weighted by Gasteiger charge is 2.45. The second-order valence-electron chi connectivity index (χ2n) is 8.12. The lowest BCUT2D eigenvalue weighted by atomic mass is 9.95. The number of hydrogen-bond acceptors (Lipinski definition) is 6. The van der Waals surface area contributed by atoms with E-state index in [0.29, 0.717) is 48.8 Å². The Labute approximate surface area is 195 Å². The molecule has 7 nitrogen and oxygen atoms in total. The maximum Gasteiger partial charge on any atom is 0.295 e. The second-order valence-corrected chi connectivity index (χ2v) is 8.12. The summed E-state index contributed by atoms with van der Waals surface area (Å²) in [6.45, 7) is 5.90. The molecule has 2 aromatic carbocycles. The number of rotatable bonds is 10. The lowest BCUT2D eigenvalue weighted by Crippen LogP contribution is -2.32. The number of carbonyl (C=O) groups is 2. The zero-order valence-electron chi connectivity index (χ0n) is 19.7. The summed E-state index contributed by atoms with van der Waals surface area (Å²) < 4.78 is 11.2. The number of nitrogens with zero attached hydrogens (tertiary/aromatic N) is 2. The van der Waals surface area contributed by atoms with Crippen molar-refractivity contribution in [2.45, 2.75) is 26.3 Å². The molecule has 7 heteroatoms. The lowest BCUT2D eigenvalue weighted by molar-refractivity contribution is -0.139. The van der Waals surface area contributed by atoms with Gasteiger partial charge in [0.2, 0.25) is 0 Å². The molecule has 1 saturated heterocycles. The highest BCUT2D eigenvalue weighted by Crippen LogP contribution is 2.40. The minimum Gasteiger partial charge on any atom is -0.507 e. The third-order valence-electron chi connectivity index (χ3n) is 5.45. The zero-order chi connectivity index (χ0) is 24.0. The first kappa shape index (κ1) is 24.3. The van der Waals surface area contributed by atoms with E-state index in [-0.39, 0.29) is 11.3 Å². The van der Waals surface area contributed by atoms with E-state index in [9.17, 15) is 14.7 Å². The number of aliphatic hydroxyl groups is 1. The molecular formula is C26H32N2O5. The van der Waals surface area contributed by atoms with Gasteiger partial charge in [-0.1, -0.05) is 24.3 Å². The highest BCUT2D eigenvalue weighted by atomic mass is 16.5. The molecule has 2 aromatic rings. The largest absolute Gasteiger partial charge is 0.507 e. The summed E-state index contributed by atoms with van der Waals surface area (Å²) in [4.78, 5) is 29.8. The number of aliphatic hydroxyl groups excluding tert-OH is 1. The lowest BCUT2D eigenvalue weighted by Gasteiger charge is -2.26. The summed E-state index contributed by atoms with van der Waals surface area (Å²) in [6, 6.07) is 13.5. The molecule has 1 fully saturated rings. The molecule has 0 spiro atoms. The van der Waals surface area contributed by atoms with E-state index in [0.717, 1.165) is 6.54 Å². The fourth-order valence-corrected chi connectivity index (χ4v) is 4.01. The molecule has 0 radical (unpaired) electrons. The van der Waals surface area contributed by atoms with Crippen LogP contribution in [0.3, 0.4) is 0 Å². The maximum atomic E-state index is 13.2. The van der Waals surface area contributed by atoms with E-state index in [4.69, 9.17) is 9.47 Å². The molecule has 0 aromatic heterocycles. The van der Waals surface area contributed by atoms with Crippen molar-refractivity contribution in [3.63, 3.8) is 0 Å². The Balaban J connectivity index is 2.10. The van der Waals surface area contributed by atoms with Gasteiger partial charge in [-0.15, -0.1) is 0 Å². The standard InChI is InChI=1S/C26H32N2O5/c1-5-32-20-12-7-10-18(16-20)23-22(24(29)19-11-8-13-21(17-19)33-6-2)25(30)26(31)28(23)15-9-14-27(3)4/h7-8,10-13,16-17,23,29H,5-6,9,14-15H2,1-4H3/b24-22-. The predicted molar refractivity (Wildman–Crippen MR) is 127 cm³/mol. The van der Waals surface area contributed by atoms with Crippen LogP contribution in [0.4, 0.5) is 0 Å². The molecule has 0 bridgehead atoms. The van der Waals surface area contributed by atoms with Gasteiger partial charge in [0.15, 0.2) is 0 Å². The van der Waals surface area contributed by atoms with Crippen molar-refractivity contribution in [2.75, 3.05) is 40.4 Å². The Morgan fingerprint density at radius 3 is 2.27 bits per heavy atom. The first-order valence-electron chi connectivity index (χ1n) is 11.3. The van der Waals surface area contributed by atoms with Crippen LogP contribution in [0, 0.1) is 0 Å². The summed E-state index contributed by atoms with van der Waals surface area (Å²) >= 11 is 0. The SMILES string of the molecule is CCOc1cccc(/C(O)=C2/C(=O)C(=O)N(CCCN(C)C)C2c2cccc(OCC)c2)c1. The first-order chi connectivity index (χ1) is 15.9. The van der Waals surface area contributed by atoms with E-state index in [1.54, 1.807) is 29.2 Å². The number of ether oxygens (including phenoxy) is 2. The van der Waals surface area contributed by atoms with Crippen LogP contribution in [0.25, 0.3) is 5.76 Å². The minimum absolute atomic E-state index is 0.0761. The number of carbonyl (C=O) groups excluding carboxylic acids is 2. The number of benzene rings is 2. The van der Waals surface area contributed by atoms with Gasteiger partial charge in [-0.25, -0.2) is 0 Å². The van der Waals surface area contributed by atoms with E-state index in [1.807, 2.05) is 57.1 Å². The van der Waals surface area contributed by atoms with E-state index >= 15 is 0 Å². The third kappa shape index (κ3) is 5.54.